The Morgan fingerprint density at radius 2 is 1.82 bits per heavy atom. The second-order valence-corrected chi connectivity index (χ2v) is 2.64. The molecule has 2 heteroatoms. The highest BCUT2D eigenvalue weighted by atomic mass is 15.1. The topological polar surface area (TPSA) is 27.0 Å². The summed E-state index contributed by atoms with van der Waals surface area (Å²) in [6.45, 7) is 7.75. The fraction of sp³-hybridized carbons (Fsp3) is 0.889. The molecule has 0 aliphatic heterocycles. The first-order chi connectivity index (χ1) is 5.35. The summed E-state index contributed by atoms with van der Waals surface area (Å²) in [5.41, 5.74) is 0. The van der Waals surface area contributed by atoms with Gasteiger partial charge in [0.1, 0.15) is 0 Å². The summed E-state index contributed by atoms with van der Waals surface area (Å²) in [6.07, 6.45) is 2.92. The molecule has 0 N–H and O–H groups in total. The maximum atomic E-state index is 8.28. The zero-order valence-corrected chi connectivity index (χ0v) is 7.64. The molecule has 0 saturated carbocycles. The second kappa shape index (κ2) is 7.56. The molecule has 0 amide bonds. The molecule has 0 aromatic rings. The highest BCUT2D eigenvalue weighted by Crippen LogP contribution is 1.97. The van der Waals surface area contributed by atoms with Gasteiger partial charge in [0.15, 0.2) is 0 Å². The van der Waals surface area contributed by atoms with Crippen molar-refractivity contribution in [2.75, 3.05) is 19.6 Å². The molecule has 0 rings (SSSR count). The van der Waals surface area contributed by atoms with Crippen LogP contribution in [0.25, 0.3) is 0 Å². The van der Waals surface area contributed by atoms with Crippen LogP contribution in [0.5, 0.6) is 0 Å². The van der Waals surface area contributed by atoms with Crippen LogP contribution in [0.3, 0.4) is 0 Å². The van der Waals surface area contributed by atoms with Gasteiger partial charge in [0.2, 0.25) is 0 Å². The summed E-state index contributed by atoms with van der Waals surface area (Å²) in [5.74, 6) is 0. The Morgan fingerprint density at radius 1 is 1.18 bits per heavy atom. The van der Waals surface area contributed by atoms with Gasteiger partial charge < -0.3 is 4.90 Å². The largest absolute Gasteiger partial charge is 0.304 e. The van der Waals surface area contributed by atoms with E-state index >= 15 is 0 Å². The fourth-order valence-electron chi connectivity index (χ4n) is 1.08. The molecule has 0 fully saturated rings. The smallest absolute Gasteiger partial charge is 0.0621 e. The van der Waals surface area contributed by atoms with Gasteiger partial charge in [0.25, 0.3) is 0 Å². The first-order valence-corrected chi connectivity index (χ1v) is 4.44. The Labute approximate surface area is 69.8 Å². The second-order valence-electron chi connectivity index (χ2n) is 2.64. The molecular formula is C9H18N2. The Kier molecular flexibility index (Phi) is 7.18. The molecule has 0 aliphatic carbocycles. The van der Waals surface area contributed by atoms with Gasteiger partial charge in [-0.2, -0.15) is 5.26 Å². The van der Waals surface area contributed by atoms with Gasteiger partial charge in [-0.15, -0.1) is 0 Å². The first-order valence-electron chi connectivity index (χ1n) is 4.44. The van der Waals surface area contributed by atoms with Crippen LogP contribution in [0.15, 0.2) is 0 Å². The Bertz CT molecular complexity index is 111. The zero-order valence-electron chi connectivity index (χ0n) is 7.64. The van der Waals surface area contributed by atoms with Crippen LogP contribution >= 0.6 is 0 Å². The van der Waals surface area contributed by atoms with Crippen LogP contribution in [0.1, 0.15) is 33.1 Å². The van der Waals surface area contributed by atoms with Crippen molar-refractivity contribution >= 4 is 0 Å². The number of rotatable bonds is 6. The van der Waals surface area contributed by atoms with E-state index in [0.717, 1.165) is 32.5 Å². The summed E-state index contributed by atoms with van der Waals surface area (Å²) in [5, 5.41) is 8.28. The van der Waals surface area contributed by atoms with Crippen molar-refractivity contribution in [1.29, 1.82) is 5.26 Å². The first kappa shape index (κ1) is 10.4. The summed E-state index contributed by atoms with van der Waals surface area (Å²) in [7, 11) is 0. The van der Waals surface area contributed by atoms with Crippen LogP contribution in [-0.2, 0) is 0 Å². The van der Waals surface area contributed by atoms with Crippen LogP contribution in [-0.4, -0.2) is 24.5 Å². The van der Waals surface area contributed by atoms with E-state index in [0.29, 0.717) is 6.42 Å². The molecule has 0 aromatic carbocycles. The standard InChI is InChI=1S/C9H18N2/c1-3-11(4-2)9-7-5-6-8-10/h3-7,9H2,1-2H3. The molecule has 0 radical (unpaired) electrons. The summed E-state index contributed by atoms with van der Waals surface area (Å²) >= 11 is 0. The number of nitrogens with zero attached hydrogens (tertiary/aromatic N) is 2. The molecule has 0 unspecified atom stereocenters. The highest BCUT2D eigenvalue weighted by molar-refractivity contribution is 4.68. The third kappa shape index (κ3) is 5.87. The number of nitriles is 1. The predicted octanol–water partition coefficient (Wildman–Crippen LogP) is 2.02. The van der Waals surface area contributed by atoms with E-state index in [1.165, 1.54) is 0 Å². The van der Waals surface area contributed by atoms with E-state index in [2.05, 4.69) is 24.8 Å². The lowest BCUT2D eigenvalue weighted by Crippen LogP contribution is -2.23. The van der Waals surface area contributed by atoms with Crippen LogP contribution in [0.4, 0.5) is 0 Å². The lowest BCUT2D eigenvalue weighted by atomic mass is 10.2. The van der Waals surface area contributed by atoms with Crippen LogP contribution in [0, 0.1) is 11.3 Å². The SMILES string of the molecule is CCN(CC)CCCCC#N. The van der Waals surface area contributed by atoms with Crippen molar-refractivity contribution in [3.63, 3.8) is 0 Å². The third-order valence-electron chi connectivity index (χ3n) is 1.91. The lowest BCUT2D eigenvalue weighted by Gasteiger charge is -2.16. The molecule has 0 aliphatic rings. The minimum atomic E-state index is 0.710. The molecule has 0 bridgehead atoms. The van der Waals surface area contributed by atoms with Crippen LogP contribution < -0.4 is 0 Å². The molecule has 2 nitrogen and oxygen atoms in total. The molecule has 64 valence electrons. The van der Waals surface area contributed by atoms with Crippen molar-refractivity contribution in [1.82, 2.24) is 4.90 Å². The van der Waals surface area contributed by atoms with Crippen molar-refractivity contribution in [2.45, 2.75) is 33.1 Å². The van der Waals surface area contributed by atoms with Gasteiger partial charge in [-0.05, 0) is 32.5 Å². The maximum Gasteiger partial charge on any atom is 0.0621 e. The minimum absolute atomic E-state index is 0.710. The highest BCUT2D eigenvalue weighted by Gasteiger charge is 1.96. The Balaban J connectivity index is 3.16. The van der Waals surface area contributed by atoms with Crippen molar-refractivity contribution in [2.24, 2.45) is 0 Å². The Morgan fingerprint density at radius 3 is 2.27 bits per heavy atom. The van der Waals surface area contributed by atoms with Gasteiger partial charge >= 0.3 is 0 Å². The van der Waals surface area contributed by atoms with Gasteiger partial charge in [-0.25, -0.2) is 0 Å². The molecule has 0 aromatic heterocycles. The van der Waals surface area contributed by atoms with E-state index in [9.17, 15) is 0 Å². The predicted molar refractivity (Wildman–Crippen MR) is 47.3 cm³/mol. The fourth-order valence-corrected chi connectivity index (χ4v) is 1.08. The van der Waals surface area contributed by atoms with E-state index in [1.54, 1.807) is 0 Å². The van der Waals surface area contributed by atoms with Crippen LogP contribution in [0.2, 0.25) is 0 Å². The normalized spacial score (nSPS) is 10.0. The third-order valence-corrected chi connectivity index (χ3v) is 1.91. The number of unbranched alkanes of at least 4 members (excludes halogenated alkanes) is 2. The minimum Gasteiger partial charge on any atom is -0.304 e. The van der Waals surface area contributed by atoms with Gasteiger partial charge in [0, 0.05) is 6.42 Å². The van der Waals surface area contributed by atoms with Gasteiger partial charge in [-0.3, -0.25) is 0 Å². The van der Waals surface area contributed by atoms with Gasteiger partial charge in [-0.1, -0.05) is 13.8 Å². The van der Waals surface area contributed by atoms with Crippen molar-refractivity contribution < 1.29 is 0 Å². The van der Waals surface area contributed by atoms with Crippen molar-refractivity contribution in [3.8, 4) is 6.07 Å². The van der Waals surface area contributed by atoms with E-state index < -0.39 is 0 Å². The quantitative estimate of drug-likeness (QED) is 0.547. The lowest BCUT2D eigenvalue weighted by molar-refractivity contribution is 0.297. The number of hydrogen-bond acceptors (Lipinski definition) is 2. The molecule has 11 heavy (non-hydrogen) atoms. The summed E-state index contributed by atoms with van der Waals surface area (Å²) in [4.78, 5) is 2.39. The summed E-state index contributed by atoms with van der Waals surface area (Å²) < 4.78 is 0. The molecule has 0 atom stereocenters. The molecule has 0 heterocycles. The number of hydrogen-bond donors (Lipinski definition) is 0. The Hall–Kier alpha value is -0.550. The monoisotopic (exact) mass is 154 g/mol. The zero-order chi connectivity index (χ0) is 8.53. The van der Waals surface area contributed by atoms with Crippen molar-refractivity contribution in [3.05, 3.63) is 0 Å². The van der Waals surface area contributed by atoms with E-state index in [1.807, 2.05) is 0 Å². The maximum absolute atomic E-state index is 8.28. The molecular weight excluding hydrogens is 136 g/mol. The average molecular weight is 154 g/mol. The molecule has 0 saturated heterocycles. The van der Waals surface area contributed by atoms with E-state index in [-0.39, 0.29) is 0 Å². The molecule has 0 spiro atoms. The summed E-state index contributed by atoms with van der Waals surface area (Å²) in [6, 6.07) is 2.16. The van der Waals surface area contributed by atoms with Gasteiger partial charge in [0.05, 0.1) is 6.07 Å². The van der Waals surface area contributed by atoms with E-state index in [4.69, 9.17) is 5.26 Å². The average Bonchev–Trinajstić information content (AvgIpc) is 2.05.